The van der Waals surface area contributed by atoms with Crippen LogP contribution < -0.4 is 0 Å². The molecule has 0 nitrogen and oxygen atoms in total. The van der Waals surface area contributed by atoms with Gasteiger partial charge in [0.2, 0.25) is 0 Å². The van der Waals surface area contributed by atoms with Crippen molar-refractivity contribution >= 4 is 0 Å². The van der Waals surface area contributed by atoms with Crippen LogP contribution in [0.1, 0.15) is 0 Å². The molecule has 0 atom stereocenters. The van der Waals surface area contributed by atoms with E-state index >= 15 is 0 Å². The van der Waals surface area contributed by atoms with Crippen LogP contribution in [-0.4, -0.2) is 0 Å². The molecule has 0 aliphatic rings. The Balaban J connectivity index is -0.00000000167. The van der Waals surface area contributed by atoms with Gasteiger partial charge < -0.3 is 34.3 Å². The monoisotopic (exact) mass is 260 g/mol. The van der Waals surface area contributed by atoms with Gasteiger partial charge in [0.25, 0.3) is 0 Å². The van der Waals surface area contributed by atoms with Crippen LogP contribution in [-0.2, 0) is 65.4 Å². The first-order valence-corrected chi connectivity index (χ1v) is 0.697. The van der Waals surface area contributed by atoms with Gasteiger partial charge in [-0.2, -0.15) is 0 Å². The van der Waals surface area contributed by atoms with Gasteiger partial charge in [0.15, 0.2) is 0 Å². The molecule has 0 aliphatic carbocycles. The van der Waals surface area contributed by atoms with Gasteiger partial charge in [0.05, 0.1) is 0 Å². The minimum absolute atomic E-state index is 0. The Hall–Kier alpha value is 1.51. The van der Waals surface area contributed by atoms with E-state index in [4.69, 9.17) is 6.42 Å². The van der Waals surface area contributed by atoms with Crippen LogP contribution in [0.3, 0.4) is 0 Å². The van der Waals surface area contributed by atoms with Crippen molar-refractivity contribution in [2.24, 2.45) is 0 Å². The van der Waals surface area contributed by atoms with Gasteiger partial charge >= 0.3 is 0 Å². The Morgan fingerprint density at radius 3 is 1.00 bits per heavy atom. The second-order valence-electron chi connectivity index (χ2n) is 0. The van der Waals surface area contributed by atoms with Gasteiger partial charge in [-0.3, -0.25) is 6.58 Å². The molecule has 0 spiro atoms. The molecule has 0 heterocycles. The molecule has 0 unspecified atom stereocenters. The van der Waals surface area contributed by atoms with Gasteiger partial charge in [0, 0.05) is 65.4 Å². The molecule has 0 fully saturated rings. The first-order chi connectivity index (χ1) is 2.00. The topological polar surface area (TPSA) is 0 Å². The summed E-state index contributed by atoms with van der Waals surface area (Å²) in [6.45, 7) is 7.00. The Morgan fingerprint density at radius 1 is 1.00 bits per heavy atom. The second-order valence-corrected chi connectivity index (χ2v) is 0. The van der Waals surface area contributed by atoms with Gasteiger partial charge in [0.1, 0.15) is 0 Å². The third kappa shape index (κ3) is 140. The smallest absolute Gasteiger partial charge is 0 e. The van der Waals surface area contributed by atoms with E-state index in [1.807, 2.05) is 0 Å². The minimum Gasteiger partial charge on any atom is -0.697 e. The Labute approximate surface area is 105 Å². The van der Waals surface area contributed by atoms with Crippen molar-refractivity contribution < 1.29 is 65.4 Å². The largest absolute Gasteiger partial charge is 0.697 e. The molecule has 0 saturated heterocycles. The van der Waals surface area contributed by atoms with E-state index in [2.05, 4.69) is 19.6 Å². The number of hydrogen-bond acceptors (Lipinski definition) is 0. The van der Waals surface area contributed by atoms with E-state index in [0.717, 1.165) is 0 Å². The van der Waals surface area contributed by atoms with Crippen LogP contribution in [0.15, 0.2) is 6.58 Å². The van der Waals surface area contributed by atoms with E-state index < -0.39 is 0 Å². The molecule has 0 bridgehead atoms. The molecular formula is C6H10Y2-4. The standard InChI is InChI=1S/C2H3.C2H.2CH3.2Y/c2*1-2;;;;/h1H,2H2;1H;2*1H3;;/q4*-1;;. The van der Waals surface area contributed by atoms with Gasteiger partial charge in [-0.15, -0.1) is 0 Å². The average Bonchev–Trinajstić information content (AvgIpc) is 1.50. The quantitative estimate of drug-likeness (QED) is 0.459. The van der Waals surface area contributed by atoms with Crippen molar-refractivity contribution in [1.29, 1.82) is 0 Å². The summed E-state index contributed by atoms with van der Waals surface area (Å²) in [4.78, 5) is 0. The molecule has 0 rings (SSSR count). The summed E-state index contributed by atoms with van der Waals surface area (Å²) >= 11 is 0. The van der Waals surface area contributed by atoms with E-state index in [1.165, 1.54) is 0 Å². The molecule has 0 aromatic heterocycles. The molecule has 0 aromatic rings. The SMILES string of the molecule is [C-]#C.[CH-]=C.[CH3-].[CH3-].[Y].[Y]. The van der Waals surface area contributed by atoms with Crippen molar-refractivity contribution in [2.75, 3.05) is 0 Å². The van der Waals surface area contributed by atoms with Crippen molar-refractivity contribution in [3.8, 4) is 6.42 Å². The maximum absolute atomic E-state index is 5.25. The fourth-order valence-electron chi connectivity index (χ4n) is 0. The summed E-state index contributed by atoms with van der Waals surface area (Å²) in [6, 6.07) is 0. The Kier molecular flexibility index (Phi) is 1470. The molecule has 2 radical (unpaired) electrons. The average molecular weight is 260 g/mol. The zero-order chi connectivity index (χ0) is 4.00. The molecule has 0 aliphatic heterocycles. The molecule has 0 amide bonds. The first kappa shape index (κ1) is 55.9. The normalized spacial score (nSPS) is 0.750. The fourth-order valence-corrected chi connectivity index (χ4v) is 0. The van der Waals surface area contributed by atoms with Crippen molar-refractivity contribution in [3.05, 3.63) is 34.4 Å². The zero-order valence-corrected chi connectivity index (χ0v) is 11.2. The van der Waals surface area contributed by atoms with Gasteiger partial charge in [-0.05, 0) is 0 Å². The van der Waals surface area contributed by atoms with Crippen LogP contribution in [0.2, 0.25) is 0 Å². The van der Waals surface area contributed by atoms with Crippen LogP contribution in [0.5, 0.6) is 0 Å². The van der Waals surface area contributed by atoms with E-state index in [1.54, 1.807) is 0 Å². The van der Waals surface area contributed by atoms with Crippen LogP contribution in [0.25, 0.3) is 0 Å². The van der Waals surface area contributed by atoms with E-state index in [0.29, 0.717) is 0 Å². The predicted molar refractivity (Wildman–Crippen MR) is 30.9 cm³/mol. The molecule has 44 valence electrons. The molecule has 0 N–H and O–H groups in total. The summed E-state index contributed by atoms with van der Waals surface area (Å²) in [5.74, 6) is 0. The molecule has 0 aromatic carbocycles. The molecule has 8 heavy (non-hydrogen) atoms. The number of rotatable bonds is 0. The molecular weight excluding hydrogens is 250 g/mol. The third-order valence-electron chi connectivity index (χ3n) is 0. The zero-order valence-electron chi connectivity index (χ0n) is 5.52. The van der Waals surface area contributed by atoms with Crippen molar-refractivity contribution in [3.63, 3.8) is 0 Å². The maximum Gasteiger partial charge on any atom is 0 e. The van der Waals surface area contributed by atoms with Gasteiger partial charge in [-0.1, -0.05) is 0 Å². The van der Waals surface area contributed by atoms with Crippen LogP contribution in [0.4, 0.5) is 0 Å². The van der Waals surface area contributed by atoms with Crippen molar-refractivity contribution in [2.45, 2.75) is 0 Å². The number of terminal acetylenes is 1. The van der Waals surface area contributed by atoms with E-state index in [9.17, 15) is 0 Å². The van der Waals surface area contributed by atoms with Gasteiger partial charge in [-0.25, -0.2) is 0 Å². The van der Waals surface area contributed by atoms with Crippen molar-refractivity contribution in [1.82, 2.24) is 0 Å². The second kappa shape index (κ2) is 211. The van der Waals surface area contributed by atoms with Crippen LogP contribution >= 0.6 is 0 Å². The summed E-state index contributed by atoms with van der Waals surface area (Å²) in [5, 5.41) is 0. The predicted octanol–water partition coefficient (Wildman–Crippen LogP) is 1.71. The molecule has 2 heteroatoms. The Morgan fingerprint density at radius 2 is 1.00 bits per heavy atom. The number of hydrogen-bond donors (Lipinski definition) is 0. The summed E-state index contributed by atoms with van der Waals surface area (Å²) in [6.07, 6.45) is 9.00. The summed E-state index contributed by atoms with van der Waals surface area (Å²) in [7, 11) is 0. The summed E-state index contributed by atoms with van der Waals surface area (Å²) in [5.41, 5.74) is 0. The fraction of sp³-hybridized carbons (Fsp3) is 0. The molecule has 0 saturated carbocycles. The van der Waals surface area contributed by atoms with Crippen LogP contribution in [0, 0.1) is 34.3 Å². The first-order valence-electron chi connectivity index (χ1n) is 0.697. The third-order valence-corrected chi connectivity index (χ3v) is 0. The Bertz CT molecular complexity index is 17.7. The maximum atomic E-state index is 5.25. The van der Waals surface area contributed by atoms with E-state index in [-0.39, 0.29) is 80.3 Å². The minimum atomic E-state index is 0. The summed E-state index contributed by atoms with van der Waals surface area (Å²) < 4.78 is 0.